The normalized spacial score (nSPS) is 11.4. The van der Waals surface area contributed by atoms with E-state index in [4.69, 9.17) is 21.1 Å². The third-order valence-electron chi connectivity index (χ3n) is 5.45. The van der Waals surface area contributed by atoms with Crippen molar-refractivity contribution < 1.29 is 19.1 Å². The zero-order valence-electron chi connectivity index (χ0n) is 19.5. The lowest BCUT2D eigenvalue weighted by Crippen LogP contribution is -2.48. The number of ether oxygens (including phenoxy) is 2. The lowest BCUT2D eigenvalue weighted by molar-refractivity contribution is -0.140. The van der Waals surface area contributed by atoms with Gasteiger partial charge in [-0.3, -0.25) is 14.6 Å². The van der Waals surface area contributed by atoms with Gasteiger partial charge in [0.1, 0.15) is 6.04 Å². The van der Waals surface area contributed by atoms with Gasteiger partial charge in [-0.15, -0.1) is 0 Å². The Labute approximate surface area is 204 Å². The Kier molecular flexibility index (Phi) is 8.87. The molecule has 0 aliphatic carbocycles. The molecule has 0 aliphatic rings. The Balaban J connectivity index is 1.78. The number of hydrogen-bond acceptors (Lipinski definition) is 5. The van der Waals surface area contributed by atoms with E-state index in [1.54, 1.807) is 62.7 Å². The summed E-state index contributed by atoms with van der Waals surface area (Å²) in [5, 5.41) is 3.51. The van der Waals surface area contributed by atoms with Gasteiger partial charge in [0.05, 0.1) is 20.6 Å². The number of benzene rings is 2. The van der Waals surface area contributed by atoms with Gasteiger partial charge in [-0.2, -0.15) is 0 Å². The molecule has 0 unspecified atom stereocenters. The molecule has 0 saturated heterocycles. The van der Waals surface area contributed by atoms with Crippen LogP contribution in [0.4, 0.5) is 0 Å². The molecule has 2 aromatic carbocycles. The molecule has 3 rings (SSSR count). The van der Waals surface area contributed by atoms with Gasteiger partial charge in [0, 0.05) is 30.5 Å². The van der Waals surface area contributed by atoms with Crippen molar-refractivity contribution in [1.82, 2.24) is 15.2 Å². The monoisotopic (exact) mass is 481 g/mol. The minimum atomic E-state index is -0.690. The van der Waals surface area contributed by atoms with Crippen LogP contribution in [0.15, 0.2) is 67.0 Å². The largest absolute Gasteiger partial charge is 0.493 e. The maximum Gasteiger partial charge on any atom is 0.242 e. The molecule has 1 aromatic heterocycles. The highest BCUT2D eigenvalue weighted by atomic mass is 35.5. The Morgan fingerprint density at radius 2 is 1.59 bits per heavy atom. The SMILES string of the molecule is COc1ccc(CC(=O)N(Cc2ccc(Cl)cc2)[C@H](C)C(=O)NCc2ccncc2)cc1OC. The van der Waals surface area contributed by atoms with Crippen LogP contribution in [0.25, 0.3) is 0 Å². The van der Waals surface area contributed by atoms with Crippen molar-refractivity contribution in [2.24, 2.45) is 0 Å². The van der Waals surface area contributed by atoms with Crippen molar-refractivity contribution in [2.45, 2.75) is 32.5 Å². The molecule has 3 aromatic rings. The van der Waals surface area contributed by atoms with Crippen LogP contribution in [0.3, 0.4) is 0 Å². The number of amides is 2. The van der Waals surface area contributed by atoms with Crippen molar-refractivity contribution in [2.75, 3.05) is 14.2 Å². The minimum Gasteiger partial charge on any atom is -0.493 e. The molecule has 2 amide bonds. The van der Waals surface area contributed by atoms with Gasteiger partial charge < -0.3 is 19.7 Å². The maximum absolute atomic E-state index is 13.4. The van der Waals surface area contributed by atoms with E-state index in [0.29, 0.717) is 23.1 Å². The number of nitrogens with one attached hydrogen (secondary N) is 1. The molecule has 1 N–H and O–H groups in total. The zero-order valence-corrected chi connectivity index (χ0v) is 20.2. The number of pyridine rings is 1. The van der Waals surface area contributed by atoms with E-state index in [9.17, 15) is 9.59 Å². The predicted molar refractivity (Wildman–Crippen MR) is 131 cm³/mol. The van der Waals surface area contributed by atoms with Crippen LogP contribution in [-0.2, 0) is 29.1 Å². The summed E-state index contributed by atoms with van der Waals surface area (Å²) >= 11 is 6.01. The summed E-state index contributed by atoms with van der Waals surface area (Å²) < 4.78 is 10.6. The molecule has 0 spiro atoms. The number of carbonyl (C=O) groups excluding carboxylic acids is 2. The van der Waals surface area contributed by atoms with Crippen molar-refractivity contribution in [3.8, 4) is 11.5 Å². The molecule has 0 aliphatic heterocycles. The Bertz CT molecular complexity index is 1110. The fraction of sp³-hybridized carbons (Fsp3) is 0.269. The van der Waals surface area contributed by atoms with Crippen molar-refractivity contribution in [3.05, 3.63) is 88.7 Å². The van der Waals surface area contributed by atoms with Gasteiger partial charge >= 0.3 is 0 Å². The lowest BCUT2D eigenvalue weighted by Gasteiger charge is -2.29. The van der Waals surface area contributed by atoms with E-state index in [2.05, 4.69) is 10.3 Å². The summed E-state index contributed by atoms with van der Waals surface area (Å²) in [7, 11) is 3.11. The van der Waals surface area contributed by atoms with Gasteiger partial charge in [0.2, 0.25) is 11.8 Å². The molecule has 0 bridgehead atoms. The van der Waals surface area contributed by atoms with Gasteiger partial charge in [0.15, 0.2) is 11.5 Å². The second-order valence-electron chi connectivity index (χ2n) is 7.76. The summed E-state index contributed by atoms with van der Waals surface area (Å²) in [5.41, 5.74) is 2.56. The molecule has 8 heteroatoms. The topological polar surface area (TPSA) is 80.8 Å². The number of rotatable bonds is 10. The first-order valence-electron chi connectivity index (χ1n) is 10.8. The van der Waals surface area contributed by atoms with Gasteiger partial charge in [-0.25, -0.2) is 0 Å². The number of carbonyl (C=O) groups is 2. The van der Waals surface area contributed by atoms with Crippen LogP contribution in [0.5, 0.6) is 11.5 Å². The lowest BCUT2D eigenvalue weighted by atomic mass is 10.1. The molecule has 34 heavy (non-hydrogen) atoms. The molecular formula is C26H28ClN3O4. The third-order valence-corrected chi connectivity index (χ3v) is 5.70. The first-order chi connectivity index (χ1) is 16.4. The fourth-order valence-electron chi connectivity index (χ4n) is 3.47. The van der Waals surface area contributed by atoms with E-state index in [0.717, 1.165) is 16.7 Å². The molecule has 0 fully saturated rings. The smallest absolute Gasteiger partial charge is 0.242 e. The predicted octanol–water partition coefficient (Wildman–Crippen LogP) is 4.03. The standard InChI is InChI=1S/C26H28ClN3O4/c1-18(26(32)29-16-19-10-12-28-13-11-19)30(17-20-4-7-22(27)8-5-20)25(31)15-21-6-9-23(33-2)24(14-21)34-3/h4-14,18H,15-17H2,1-3H3,(H,29,32)/t18-/m1/s1. The van der Waals surface area contributed by atoms with Gasteiger partial charge in [0.25, 0.3) is 0 Å². The minimum absolute atomic E-state index is 0.107. The van der Waals surface area contributed by atoms with Gasteiger partial charge in [-0.1, -0.05) is 29.8 Å². The van der Waals surface area contributed by atoms with Crippen LogP contribution < -0.4 is 14.8 Å². The van der Waals surface area contributed by atoms with E-state index in [-0.39, 0.29) is 24.8 Å². The van der Waals surface area contributed by atoms with Crippen LogP contribution in [0, 0.1) is 0 Å². The fourth-order valence-corrected chi connectivity index (χ4v) is 3.60. The second-order valence-corrected chi connectivity index (χ2v) is 8.20. The number of nitrogens with zero attached hydrogens (tertiary/aromatic N) is 2. The van der Waals surface area contributed by atoms with Crippen LogP contribution >= 0.6 is 11.6 Å². The first-order valence-corrected chi connectivity index (χ1v) is 11.2. The number of methoxy groups -OCH3 is 2. The highest BCUT2D eigenvalue weighted by Crippen LogP contribution is 2.28. The summed E-state index contributed by atoms with van der Waals surface area (Å²) in [6, 6.07) is 15.5. The molecular weight excluding hydrogens is 454 g/mol. The number of halogens is 1. The molecule has 1 atom stereocenters. The highest BCUT2D eigenvalue weighted by Gasteiger charge is 2.26. The van der Waals surface area contributed by atoms with E-state index < -0.39 is 6.04 Å². The average molecular weight is 482 g/mol. The summed E-state index contributed by atoms with van der Waals surface area (Å²) in [6.45, 7) is 2.35. The van der Waals surface area contributed by atoms with Crippen molar-refractivity contribution in [1.29, 1.82) is 0 Å². The van der Waals surface area contributed by atoms with Crippen LogP contribution in [0.1, 0.15) is 23.6 Å². The second kappa shape index (κ2) is 12.0. The molecule has 0 radical (unpaired) electrons. The summed E-state index contributed by atoms with van der Waals surface area (Å²) in [5.74, 6) is 0.695. The van der Waals surface area contributed by atoms with Crippen molar-refractivity contribution in [3.63, 3.8) is 0 Å². The summed E-state index contributed by atoms with van der Waals surface area (Å²) in [4.78, 5) is 31.9. The average Bonchev–Trinajstić information content (AvgIpc) is 2.86. The zero-order chi connectivity index (χ0) is 24.5. The third kappa shape index (κ3) is 6.71. The highest BCUT2D eigenvalue weighted by molar-refractivity contribution is 6.30. The Morgan fingerprint density at radius 1 is 0.941 bits per heavy atom. The summed E-state index contributed by atoms with van der Waals surface area (Å²) in [6.07, 6.45) is 3.45. The Morgan fingerprint density at radius 3 is 2.24 bits per heavy atom. The maximum atomic E-state index is 13.4. The van der Waals surface area contributed by atoms with Crippen LogP contribution in [-0.4, -0.2) is 42.0 Å². The van der Waals surface area contributed by atoms with Gasteiger partial charge in [-0.05, 0) is 60.0 Å². The quantitative estimate of drug-likeness (QED) is 0.473. The van der Waals surface area contributed by atoms with Crippen molar-refractivity contribution >= 4 is 23.4 Å². The number of aromatic nitrogens is 1. The first kappa shape index (κ1) is 25.1. The number of hydrogen-bond donors (Lipinski definition) is 1. The Hall–Kier alpha value is -3.58. The van der Waals surface area contributed by atoms with E-state index in [1.807, 2.05) is 30.3 Å². The molecule has 7 nitrogen and oxygen atoms in total. The van der Waals surface area contributed by atoms with E-state index in [1.165, 1.54) is 0 Å². The molecule has 0 saturated carbocycles. The van der Waals surface area contributed by atoms with E-state index >= 15 is 0 Å². The molecule has 178 valence electrons. The molecule has 1 heterocycles. The van der Waals surface area contributed by atoms with Crippen LogP contribution in [0.2, 0.25) is 5.02 Å².